The summed E-state index contributed by atoms with van der Waals surface area (Å²) in [6, 6.07) is 12.5. The largest absolute Gasteiger partial charge is 0.497 e. The van der Waals surface area contributed by atoms with E-state index in [0.717, 1.165) is 37.3 Å². The fourth-order valence-corrected chi connectivity index (χ4v) is 6.73. The van der Waals surface area contributed by atoms with Crippen molar-refractivity contribution in [2.24, 2.45) is 11.8 Å². The number of carbonyl (C=O) groups excluding carboxylic acids is 1. The Morgan fingerprint density at radius 2 is 2.13 bits per heavy atom. The zero-order valence-corrected chi connectivity index (χ0v) is 18.1. The maximum absolute atomic E-state index is 13.3. The number of carbonyl (C=O) groups is 1. The minimum absolute atomic E-state index is 0.0186. The van der Waals surface area contributed by atoms with Crippen molar-refractivity contribution in [1.29, 1.82) is 0 Å². The van der Waals surface area contributed by atoms with Crippen molar-refractivity contribution in [1.82, 2.24) is 9.88 Å². The van der Waals surface area contributed by atoms with E-state index in [-0.39, 0.29) is 11.4 Å². The minimum atomic E-state index is -0.0186. The fraction of sp³-hybridized carbons (Fsp3) is 0.538. The van der Waals surface area contributed by atoms with Crippen LogP contribution in [-0.4, -0.2) is 35.0 Å². The number of aryl methyl sites for hydroxylation is 1. The van der Waals surface area contributed by atoms with Crippen LogP contribution < -0.4 is 4.74 Å². The highest BCUT2D eigenvalue weighted by atomic mass is 16.5. The molecule has 1 saturated carbocycles. The van der Waals surface area contributed by atoms with Gasteiger partial charge in [-0.3, -0.25) is 9.78 Å². The van der Waals surface area contributed by atoms with Gasteiger partial charge >= 0.3 is 0 Å². The van der Waals surface area contributed by atoms with E-state index in [2.05, 4.69) is 35.0 Å². The van der Waals surface area contributed by atoms with Gasteiger partial charge in [0.15, 0.2) is 0 Å². The molecule has 1 amide bonds. The molecule has 30 heavy (non-hydrogen) atoms. The molecule has 4 nitrogen and oxygen atoms in total. The van der Waals surface area contributed by atoms with E-state index in [1.807, 2.05) is 18.2 Å². The summed E-state index contributed by atoms with van der Waals surface area (Å²) in [5, 5.41) is 0. The van der Waals surface area contributed by atoms with E-state index < -0.39 is 0 Å². The molecule has 0 N–H and O–H groups in total. The molecule has 1 saturated heterocycles. The number of benzene rings is 1. The molecule has 1 aromatic heterocycles. The van der Waals surface area contributed by atoms with E-state index in [1.165, 1.54) is 30.4 Å². The van der Waals surface area contributed by atoms with Gasteiger partial charge < -0.3 is 9.64 Å². The Hall–Kier alpha value is -2.36. The molecule has 0 bridgehead atoms. The zero-order chi connectivity index (χ0) is 20.7. The number of nitrogens with zero attached hydrogens (tertiary/aromatic N) is 2. The summed E-state index contributed by atoms with van der Waals surface area (Å²) < 4.78 is 5.46. The number of pyridine rings is 1. The molecule has 2 aliphatic carbocycles. The highest BCUT2D eigenvalue weighted by Gasteiger charge is 2.53. The van der Waals surface area contributed by atoms with Crippen LogP contribution in [0.25, 0.3) is 0 Å². The van der Waals surface area contributed by atoms with Gasteiger partial charge in [-0.1, -0.05) is 12.1 Å². The second kappa shape index (κ2) is 7.72. The number of rotatable bonds is 3. The highest BCUT2D eigenvalue weighted by molar-refractivity contribution is 5.79. The highest BCUT2D eigenvalue weighted by Crippen LogP contribution is 2.56. The van der Waals surface area contributed by atoms with Gasteiger partial charge in [0, 0.05) is 24.0 Å². The monoisotopic (exact) mass is 404 g/mol. The van der Waals surface area contributed by atoms with Crippen molar-refractivity contribution >= 4 is 5.91 Å². The van der Waals surface area contributed by atoms with Crippen molar-refractivity contribution in [2.45, 2.75) is 63.3 Å². The Morgan fingerprint density at radius 1 is 1.23 bits per heavy atom. The Bertz CT molecular complexity index is 928. The normalized spacial score (nSPS) is 30.1. The SMILES string of the molecule is COc1ccc2c(c1)CC[C@@H]1[C@@H]2CC[C@@]2(C)[C@H]1CCCN2C(=O)Cc1ccccn1. The number of fused-ring (bicyclic) bond motifs is 5. The number of aromatic nitrogens is 1. The molecular weight excluding hydrogens is 372 g/mol. The molecule has 4 atom stereocenters. The van der Waals surface area contributed by atoms with E-state index >= 15 is 0 Å². The van der Waals surface area contributed by atoms with Crippen LogP contribution in [0.1, 0.15) is 61.8 Å². The van der Waals surface area contributed by atoms with Crippen LogP contribution in [0.3, 0.4) is 0 Å². The second-order valence-corrected chi connectivity index (χ2v) is 9.56. The summed E-state index contributed by atoms with van der Waals surface area (Å²) in [4.78, 5) is 19.9. The summed E-state index contributed by atoms with van der Waals surface area (Å²) in [5.41, 5.74) is 3.86. The lowest BCUT2D eigenvalue weighted by Crippen LogP contribution is -2.62. The van der Waals surface area contributed by atoms with Crippen molar-refractivity contribution in [3.63, 3.8) is 0 Å². The minimum Gasteiger partial charge on any atom is -0.497 e. The third kappa shape index (κ3) is 3.21. The predicted octanol–water partition coefficient (Wildman–Crippen LogP) is 4.77. The van der Waals surface area contributed by atoms with Crippen LogP contribution in [0.5, 0.6) is 5.75 Å². The average Bonchev–Trinajstić information content (AvgIpc) is 2.78. The molecule has 158 valence electrons. The Balaban J connectivity index is 1.40. The Kier molecular flexibility index (Phi) is 5.04. The number of amides is 1. The van der Waals surface area contributed by atoms with Gasteiger partial charge in [-0.05, 0) is 98.6 Å². The first-order valence-corrected chi connectivity index (χ1v) is 11.5. The topological polar surface area (TPSA) is 42.4 Å². The molecular formula is C26H32N2O2. The summed E-state index contributed by atoms with van der Waals surface area (Å²) >= 11 is 0. The van der Waals surface area contributed by atoms with E-state index in [0.29, 0.717) is 24.2 Å². The summed E-state index contributed by atoms with van der Waals surface area (Å²) in [6.07, 6.45) is 9.18. The number of piperidine rings is 1. The molecule has 0 spiro atoms. The maximum atomic E-state index is 13.3. The quantitative estimate of drug-likeness (QED) is 0.740. The van der Waals surface area contributed by atoms with Gasteiger partial charge in [0.2, 0.25) is 5.91 Å². The molecule has 0 radical (unpaired) electrons. The average molecular weight is 405 g/mol. The first-order chi connectivity index (χ1) is 14.6. The summed E-state index contributed by atoms with van der Waals surface area (Å²) in [5.74, 6) is 3.11. The van der Waals surface area contributed by atoms with Gasteiger partial charge in [-0.2, -0.15) is 0 Å². The van der Waals surface area contributed by atoms with Crippen molar-refractivity contribution in [3.05, 3.63) is 59.4 Å². The molecule has 2 aromatic rings. The number of ether oxygens (including phenoxy) is 1. The third-order valence-electron chi connectivity index (χ3n) is 8.16. The number of methoxy groups -OCH3 is 1. The van der Waals surface area contributed by atoms with E-state index in [1.54, 1.807) is 13.3 Å². The van der Waals surface area contributed by atoms with Crippen LogP contribution in [0.15, 0.2) is 42.6 Å². The summed E-state index contributed by atoms with van der Waals surface area (Å²) in [7, 11) is 1.75. The standard InChI is InChI=1S/C26H32N2O2/c1-26-13-12-22-21-11-9-20(30-2)16-18(21)8-10-23(22)24(26)7-5-15-28(26)25(29)17-19-6-3-4-14-27-19/h3-4,6,9,11,14,16,22-24H,5,7-8,10,12-13,15,17H2,1-2H3/t22-,23-,24+,26+/m1/s1. The van der Waals surface area contributed by atoms with Crippen LogP contribution in [0, 0.1) is 11.8 Å². The van der Waals surface area contributed by atoms with E-state index in [9.17, 15) is 4.79 Å². The van der Waals surface area contributed by atoms with Gasteiger partial charge in [-0.25, -0.2) is 0 Å². The molecule has 3 aliphatic rings. The summed E-state index contributed by atoms with van der Waals surface area (Å²) in [6.45, 7) is 3.26. The van der Waals surface area contributed by atoms with Gasteiger partial charge in [-0.15, -0.1) is 0 Å². The second-order valence-electron chi connectivity index (χ2n) is 9.56. The Labute approximate surface area is 179 Å². The van der Waals surface area contributed by atoms with Crippen molar-refractivity contribution in [3.8, 4) is 5.75 Å². The molecule has 5 rings (SSSR count). The van der Waals surface area contributed by atoms with Gasteiger partial charge in [0.05, 0.1) is 13.5 Å². The van der Waals surface area contributed by atoms with E-state index in [4.69, 9.17) is 4.74 Å². The molecule has 1 aromatic carbocycles. The lowest BCUT2D eigenvalue weighted by molar-refractivity contribution is -0.147. The zero-order valence-electron chi connectivity index (χ0n) is 18.1. The number of hydrogen-bond acceptors (Lipinski definition) is 3. The lowest BCUT2D eigenvalue weighted by Gasteiger charge is -2.58. The Morgan fingerprint density at radius 3 is 2.93 bits per heavy atom. The van der Waals surface area contributed by atoms with Crippen LogP contribution in [0.4, 0.5) is 0 Å². The molecule has 1 aliphatic heterocycles. The van der Waals surface area contributed by atoms with Crippen LogP contribution >= 0.6 is 0 Å². The van der Waals surface area contributed by atoms with Crippen LogP contribution in [-0.2, 0) is 17.6 Å². The molecule has 2 heterocycles. The van der Waals surface area contributed by atoms with Gasteiger partial charge in [0.1, 0.15) is 5.75 Å². The predicted molar refractivity (Wildman–Crippen MR) is 118 cm³/mol. The number of hydrogen-bond donors (Lipinski definition) is 0. The number of likely N-dealkylation sites (tertiary alicyclic amines) is 1. The molecule has 4 heteroatoms. The first-order valence-electron chi connectivity index (χ1n) is 11.5. The maximum Gasteiger partial charge on any atom is 0.229 e. The molecule has 0 unspecified atom stereocenters. The first kappa shape index (κ1) is 19.6. The third-order valence-corrected chi connectivity index (χ3v) is 8.16. The van der Waals surface area contributed by atoms with Crippen molar-refractivity contribution in [2.75, 3.05) is 13.7 Å². The molecule has 2 fully saturated rings. The van der Waals surface area contributed by atoms with Crippen LogP contribution in [0.2, 0.25) is 0 Å². The fourth-order valence-electron chi connectivity index (χ4n) is 6.73. The lowest BCUT2D eigenvalue weighted by atomic mass is 9.55. The van der Waals surface area contributed by atoms with Gasteiger partial charge in [0.25, 0.3) is 0 Å². The smallest absolute Gasteiger partial charge is 0.229 e. The van der Waals surface area contributed by atoms with Crippen molar-refractivity contribution < 1.29 is 9.53 Å².